The molecule has 0 saturated heterocycles. The van der Waals surface area contributed by atoms with Gasteiger partial charge in [-0.3, -0.25) is 14.2 Å². The molecule has 1 aromatic heterocycles. The highest BCUT2D eigenvalue weighted by Gasteiger charge is 2.19. The first-order chi connectivity index (χ1) is 20.9. The zero-order valence-electron chi connectivity index (χ0n) is 24.6. The minimum atomic E-state index is -0.230. The number of aryl methyl sites for hydroxylation is 2. The number of hydrogen-bond donors (Lipinski definition) is 0. The maximum absolute atomic E-state index is 13.6. The summed E-state index contributed by atoms with van der Waals surface area (Å²) in [6, 6.07) is 30.4. The Hall–Kier alpha value is -5.24. The van der Waals surface area contributed by atoms with Gasteiger partial charge in [0.15, 0.2) is 6.61 Å². The van der Waals surface area contributed by atoms with Gasteiger partial charge in [0.1, 0.15) is 11.6 Å². The highest BCUT2D eigenvalue weighted by molar-refractivity contribution is 5.95. The molecule has 0 bridgehead atoms. The Morgan fingerprint density at radius 1 is 0.953 bits per heavy atom. The van der Waals surface area contributed by atoms with Crippen molar-refractivity contribution in [2.75, 3.05) is 25.2 Å². The molecule has 43 heavy (non-hydrogen) atoms. The second-order valence-electron chi connectivity index (χ2n) is 10.2. The average Bonchev–Trinajstić information content (AvgIpc) is 3.03. The van der Waals surface area contributed by atoms with Crippen LogP contribution in [0.25, 0.3) is 22.3 Å². The van der Waals surface area contributed by atoms with E-state index in [4.69, 9.17) is 14.6 Å². The summed E-state index contributed by atoms with van der Waals surface area (Å²) in [5.41, 5.74) is 5.11. The molecule has 0 N–H and O–H groups in total. The molecule has 0 saturated carbocycles. The summed E-state index contributed by atoms with van der Waals surface area (Å²) in [6.07, 6.45) is 2.08. The van der Waals surface area contributed by atoms with Gasteiger partial charge in [0.05, 0.1) is 24.2 Å². The molecule has 218 valence electrons. The van der Waals surface area contributed by atoms with Crippen LogP contribution >= 0.6 is 0 Å². The summed E-state index contributed by atoms with van der Waals surface area (Å²) in [5, 5.41) is 4.56. The standard InChI is InChI=1S/C35H34N4O4/c1-25-14-19-32(26(2)22-25)38(33(40)24-43-36-23-27-15-17-29(42-3)18-16-27)20-9-21-39-34(28-10-5-4-6-11-28)37-31-13-8-7-12-30(31)35(39)41/h4-8,10-19,22-23H,9,20-21,24H2,1-3H3. The molecule has 5 rings (SSSR count). The molecule has 0 radical (unpaired) electrons. The van der Waals surface area contributed by atoms with Crippen molar-refractivity contribution in [3.05, 3.63) is 124 Å². The van der Waals surface area contributed by atoms with Crippen LogP contribution in [0.15, 0.2) is 107 Å². The van der Waals surface area contributed by atoms with Gasteiger partial charge in [-0.1, -0.05) is 65.3 Å². The van der Waals surface area contributed by atoms with Gasteiger partial charge in [-0.15, -0.1) is 0 Å². The number of nitrogens with zero attached hydrogens (tertiary/aromatic N) is 4. The molecule has 1 amide bonds. The smallest absolute Gasteiger partial charge is 0.267 e. The molecule has 0 unspecified atom stereocenters. The lowest BCUT2D eigenvalue weighted by Crippen LogP contribution is -2.36. The minimum Gasteiger partial charge on any atom is -0.497 e. The molecule has 0 aliphatic rings. The van der Waals surface area contributed by atoms with Crippen molar-refractivity contribution in [3.8, 4) is 17.1 Å². The van der Waals surface area contributed by atoms with E-state index in [1.807, 2.05) is 105 Å². The Bertz CT molecular complexity index is 1800. The number of carbonyl (C=O) groups excluding carboxylic acids is 1. The lowest BCUT2D eigenvalue weighted by atomic mass is 10.1. The van der Waals surface area contributed by atoms with E-state index in [-0.39, 0.29) is 18.1 Å². The fourth-order valence-corrected chi connectivity index (χ4v) is 5.02. The van der Waals surface area contributed by atoms with Gasteiger partial charge < -0.3 is 14.5 Å². The van der Waals surface area contributed by atoms with Gasteiger partial charge in [-0.2, -0.15) is 0 Å². The van der Waals surface area contributed by atoms with Gasteiger partial charge in [0.25, 0.3) is 11.5 Å². The summed E-state index contributed by atoms with van der Waals surface area (Å²) in [6.45, 7) is 4.53. The third-order valence-corrected chi connectivity index (χ3v) is 7.18. The van der Waals surface area contributed by atoms with E-state index in [2.05, 4.69) is 5.16 Å². The number of ether oxygens (including phenoxy) is 1. The van der Waals surface area contributed by atoms with E-state index in [0.29, 0.717) is 36.2 Å². The Balaban J connectivity index is 1.36. The normalized spacial score (nSPS) is 11.1. The van der Waals surface area contributed by atoms with E-state index in [0.717, 1.165) is 33.7 Å². The average molecular weight is 575 g/mol. The molecular formula is C35H34N4O4. The van der Waals surface area contributed by atoms with Crippen LogP contribution in [0.3, 0.4) is 0 Å². The number of rotatable bonds is 11. The minimum absolute atomic E-state index is 0.106. The van der Waals surface area contributed by atoms with Crippen LogP contribution in [0.4, 0.5) is 5.69 Å². The largest absolute Gasteiger partial charge is 0.497 e. The number of hydrogen-bond acceptors (Lipinski definition) is 6. The number of benzene rings is 4. The molecular weight excluding hydrogens is 540 g/mol. The molecule has 0 aliphatic carbocycles. The zero-order chi connectivity index (χ0) is 30.2. The lowest BCUT2D eigenvalue weighted by molar-refractivity contribution is -0.123. The predicted octanol–water partition coefficient (Wildman–Crippen LogP) is 6.16. The third kappa shape index (κ3) is 6.98. The molecule has 4 aromatic carbocycles. The number of aromatic nitrogens is 2. The van der Waals surface area contributed by atoms with Crippen molar-refractivity contribution < 1.29 is 14.4 Å². The number of fused-ring (bicyclic) bond motifs is 1. The van der Waals surface area contributed by atoms with Crippen LogP contribution in [0.2, 0.25) is 0 Å². The number of oxime groups is 1. The Morgan fingerprint density at radius 2 is 1.70 bits per heavy atom. The fraction of sp³-hybridized carbons (Fsp3) is 0.200. The van der Waals surface area contributed by atoms with Crippen molar-refractivity contribution in [1.29, 1.82) is 0 Å². The molecule has 0 spiro atoms. The van der Waals surface area contributed by atoms with E-state index in [1.54, 1.807) is 28.9 Å². The molecule has 8 nitrogen and oxygen atoms in total. The first kappa shape index (κ1) is 29.3. The predicted molar refractivity (Wildman–Crippen MR) is 171 cm³/mol. The number of para-hydroxylation sites is 1. The van der Waals surface area contributed by atoms with Crippen LogP contribution in [0.1, 0.15) is 23.1 Å². The molecule has 0 fully saturated rings. The number of anilines is 1. The van der Waals surface area contributed by atoms with Crippen LogP contribution in [-0.4, -0.2) is 41.9 Å². The maximum atomic E-state index is 13.6. The number of carbonyl (C=O) groups is 1. The Labute approximate surface area is 250 Å². The van der Waals surface area contributed by atoms with Gasteiger partial charge in [0, 0.05) is 24.3 Å². The summed E-state index contributed by atoms with van der Waals surface area (Å²) < 4.78 is 6.88. The van der Waals surface area contributed by atoms with Crippen LogP contribution in [0, 0.1) is 13.8 Å². The van der Waals surface area contributed by atoms with Crippen LogP contribution < -0.4 is 15.2 Å². The van der Waals surface area contributed by atoms with Gasteiger partial charge in [-0.25, -0.2) is 4.98 Å². The zero-order valence-corrected chi connectivity index (χ0v) is 24.6. The van der Waals surface area contributed by atoms with Gasteiger partial charge >= 0.3 is 0 Å². The molecule has 0 aliphatic heterocycles. The van der Waals surface area contributed by atoms with E-state index < -0.39 is 0 Å². The second kappa shape index (κ2) is 13.6. The SMILES string of the molecule is COc1ccc(C=NOCC(=O)N(CCCn2c(-c3ccccc3)nc3ccccc3c2=O)c2ccc(C)cc2C)cc1. The maximum Gasteiger partial charge on any atom is 0.267 e. The first-order valence-electron chi connectivity index (χ1n) is 14.2. The molecule has 5 aromatic rings. The van der Waals surface area contributed by atoms with Crippen LogP contribution in [0.5, 0.6) is 5.75 Å². The Morgan fingerprint density at radius 3 is 2.44 bits per heavy atom. The highest BCUT2D eigenvalue weighted by atomic mass is 16.6. The topological polar surface area (TPSA) is 86.0 Å². The van der Waals surface area contributed by atoms with Gasteiger partial charge in [-0.05, 0) is 73.9 Å². The fourth-order valence-electron chi connectivity index (χ4n) is 5.02. The lowest BCUT2D eigenvalue weighted by Gasteiger charge is -2.25. The van der Waals surface area contributed by atoms with Crippen molar-refractivity contribution in [2.45, 2.75) is 26.8 Å². The summed E-state index contributed by atoms with van der Waals surface area (Å²) in [7, 11) is 1.61. The summed E-state index contributed by atoms with van der Waals surface area (Å²) in [5.74, 6) is 1.12. The monoisotopic (exact) mass is 574 g/mol. The third-order valence-electron chi connectivity index (χ3n) is 7.18. The summed E-state index contributed by atoms with van der Waals surface area (Å²) in [4.78, 5) is 39.1. The van der Waals surface area contributed by atoms with Crippen molar-refractivity contribution in [1.82, 2.24) is 9.55 Å². The first-order valence-corrected chi connectivity index (χ1v) is 14.2. The molecule has 1 heterocycles. The second-order valence-corrected chi connectivity index (χ2v) is 10.2. The van der Waals surface area contributed by atoms with Gasteiger partial charge in [0.2, 0.25) is 0 Å². The Kier molecular flexibility index (Phi) is 9.26. The van der Waals surface area contributed by atoms with E-state index in [9.17, 15) is 9.59 Å². The van der Waals surface area contributed by atoms with Crippen molar-refractivity contribution in [2.24, 2.45) is 5.16 Å². The number of amides is 1. The van der Waals surface area contributed by atoms with Crippen LogP contribution in [-0.2, 0) is 16.2 Å². The van der Waals surface area contributed by atoms with Crippen molar-refractivity contribution >= 4 is 28.7 Å². The van der Waals surface area contributed by atoms with E-state index in [1.165, 1.54) is 0 Å². The van der Waals surface area contributed by atoms with E-state index >= 15 is 0 Å². The number of methoxy groups -OCH3 is 1. The molecule has 0 atom stereocenters. The molecule has 8 heteroatoms. The van der Waals surface area contributed by atoms with Crippen molar-refractivity contribution in [3.63, 3.8) is 0 Å². The summed E-state index contributed by atoms with van der Waals surface area (Å²) >= 11 is 0. The quantitative estimate of drug-likeness (QED) is 0.139. The highest BCUT2D eigenvalue weighted by Crippen LogP contribution is 2.23.